The van der Waals surface area contributed by atoms with Gasteiger partial charge in [0.1, 0.15) is 0 Å². The van der Waals surface area contributed by atoms with Crippen LogP contribution in [-0.2, 0) is 6.42 Å². The minimum atomic E-state index is -0.486. The van der Waals surface area contributed by atoms with Gasteiger partial charge in [0.2, 0.25) is 0 Å². The van der Waals surface area contributed by atoms with E-state index in [9.17, 15) is 5.11 Å². The minimum absolute atomic E-state index is 0.394. The first-order valence-electron chi connectivity index (χ1n) is 7.72. The fraction of sp³-hybridized carbons (Fsp3) is 0.471. The molecular formula is C17H24ClN3O. The van der Waals surface area contributed by atoms with Crippen molar-refractivity contribution < 1.29 is 5.11 Å². The summed E-state index contributed by atoms with van der Waals surface area (Å²) in [5.41, 5.74) is 2.97. The number of imidazole rings is 1. The van der Waals surface area contributed by atoms with Gasteiger partial charge in [-0.3, -0.25) is 0 Å². The summed E-state index contributed by atoms with van der Waals surface area (Å²) in [6.07, 6.45) is 3.74. The van der Waals surface area contributed by atoms with Gasteiger partial charge in [0.15, 0.2) is 0 Å². The molecule has 1 aromatic carbocycles. The van der Waals surface area contributed by atoms with E-state index in [1.54, 1.807) is 6.33 Å². The number of nitrogens with zero attached hydrogens (tertiary/aromatic N) is 1. The van der Waals surface area contributed by atoms with Gasteiger partial charge in [-0.1, -0.05) is 23.7 Å². The van der Waals surface area contributed by atoms with Gasteiger partial charge in [-0.25, -0.2) is 4.98 Å². The zero-order chi connectivity index (χ0) is 15.9. The van der Waals surface area contributed by atoms with E-state index in [1.165, 1.54) is 5.56 Å². The molecule has 0 spiro atoms. The molecule has 0 saturated carbocycles. The number of benzene rings is 1. The van der Waals surface area contributed by atoms with Gasteiger partial charge in [0, 0.05) is 16.8 Å². The lowest BCUT2D eigenvalue weighted by Crippen LogP contribution is -2.29. The molecule has 120 valence electrons. The fourth-order valence-corrected chi connectivity index (χ4v) is 2.66. The highest BCUT2D eigenvalue weighted by atomic mass is 35.5. The summed E-state index contributed by atoms with van der Waals surface area (Å²) in [7, 11) is 0. The summed E-state index contributed by atoms with van der Waals surface area (Å²) in [6, 6.07) is 8.36. The molecule has 1 heterocycles. The molecule has 22 heavy (non-hydrogen) atoms. The molecule has 0 bridgehead atoms. The van der Waals surface area contributed by atoms with Gasteiger partial charge in [0.05, 0.1) is 18.1 Å². The second-order valence-corrected chi connectivity index (χ2v) is 6.19. The Balaban J connectivity index is 1.66. The molecule has 2 atom stereocenters. The van der Waals surface area contributed by atoms with Gasteiger partial charge < -0.3 is 15.4 Å². The van der Waals surface area contributed by atoms with E-state index in [0.29, 0.717) is 12.5 Å². The number of aliphatic hydroxyl groups excluding tert-OH is 1. The number of aromatic amines is 1. The van der Waals surface area contributed by atoms with Crippen LogP contribution >= 0.6 is 11.6 Å². The largest absolute Gasteiger partial charge is 0.387 e. The topological polar surface area (TPSA) is 60.9 Å². The third-order valence-corrected chi connectivity index (χ3v) is 4.04. The Bertz CT molecular complexity index is 568. The molecule has 0 aliphatic rings. The zero-order valence-corrected chi connectivity index (χ0v) is 13.9. The highest BCUT2D eigenvalue weighted by molar-refractivity contribution is 6.30. The number of rotatable bonds is 8. The molecule has 2 unspecified atom stereocenters. The normalized spacial score (nSPS) is 14.0. The van der Waals surface area contributed by atoms with Crippen LogP contribution in [-0.4, -0.2) is 27.7 Å². The molecule has 4 nitrogen and oxygen atoms in total. The lowest BCUT2D eigenvalue weighted by Gasteiger charge is -2.15. The third kappa shape index (κ3) is 5.13. The molecule has 2 aromatic rings. The van der Waals surface area contributed by atoms with Crippen molar-refractivity contribution in [2.75, 3.05) is 6.54 Å². The Hall–Kier alpha value is -1.36. The number of halogens is 1. The van der Waals surface area contributed by atoms with E-state index in [0.717, 1.165) is 35.8 Å². The Morgan fingerprint density at radius 3 is 2.68 bits per heavy atom. The molecule has 0 amide bonds. The Labute approximate surface area is 136 Å². The lowest BCUT2D eigenvalue weighted by atomic mass is 10.1. The quantitative estimate of drug-likeness (QED) is 0.653. The highest BCUT2D eigenvalue weighted by Gasteiger charge is 2.12. The smallest absolute Gasteiger partial charge is 0.0978 e. The van der Waals surface area contributed by atoms with E-state index < -0.39 is 6.10 Å². The number of aryl methyl sites for hydroxylation is 1. The second kappa shape index (κ2) is 8.32. The fourth-order valence-electron chi connectivity index (χ4n) is 2.53. The van der Waals surface area contributed by atoms with Crippen molar-refractivity contribution in [3.8, 4) is 0 Å². The SMILES string of the molecule is Cc1[nH]cnc1C(O)CCCNC(C)Cc1ccc(Cl)cc1. The van der Waals surface area contributed by atoms with E-state index in [2.05, 4.69) is 34.3 Å². The second-order valence-electron chi connectivity index (χ2n) is 5.76. The number of H-pyrrole nitrogens is 1. The Morgan fingerprint density at radius 1 is 1.32 bits per heavy atom. The number of aromatic nitrogens is 2. The van der Waals surface area contributed by atoms with Crippen molar-refractivity contribution in [2.45, 2.75) is 45.3 Å². The maximum absolute atomic E-state index is 10.1. The van der Waals surface area contributed by atoms with Gasteiger partial charge in [0.25, 0.3) is 0 Å². The van der Waals surface area contributed by atoms with E-state index >= 15 is 0 Å². The summed E-state index contributed by atoms with van der Waals surface area (Å²) in [5.74, 6) is 0. The van der Waals surface area contributed by atoms with Gasteiger partial charge in [-0.15, -0.1) is 0 Å². The van der Waals surface area contributed by atoms with Gasteiger partial charge in [-0.2, -0.15) is 0 Å². The molecule has 0 radical (unpaired) electrons. The molecule has 0 saturated heterocycles. The summed E-state index contributed by atoms with van der Waals surface area (Å²) in [4.78, 5) is 7.15. The first kappa shape index (κ1) is 17.0. The van der Waals surface area contributed by atoms with Crippen LogP contribution in [0.3, 0.4) is 0 Å². The van der Waals surface area contributed by atoms with E-state index in [4.69, 9.17) is 11.6 Å². The van der Waals surface area contributed by atoms with Crippen LogP contribution < -0.4 is 5.32 Å². The molecule has 0 aliphatic heterocycles. The van der Waals surface area contributed by atoms with Crippen LogP contribution in [0.2, 0.25) is 5.02 Å². The Kier molecular flexibility index (Phi) is 6.43. The first-order valence-corrected chi connectivity index (χ1v) is 8.10. The number of hydrogen-bond donors (Lipinski definition) is 3. The summed E-state index contributed by atoms with van der Waals surface area (Å²) in [6.45, 7) is 4.98. The van der Waals surface area contributed by atoms with Crippen molar-refractivity contribution in [2.24, 2.45) is 0 Å². The first-order chi connectivity index (χ1) is 10.6. The number of nitrogens with one attached hydrogen (secondary N) is 2. The van der Waals surface area contributed by atoms with E-state index in [1.807, 2.05) is 19.1 Å². The van der Waals surface area contributed by atoms with Crippen LogP contribution in [0.1, 0.15) is 42.8 Å². The van der Waals surface area contributed by atoms with Crippen LogP contribution in [0.4, 0.5) is 0 Å². The van der Waals surface area contributed by atoms with Crippen LogP contribution in [0.5, 0.6) is 0 Å². The average molecular weight is 322 g/mol. The van der Waals surface area contributed by atoms with Gasteiger partial charge >= 0.3 is 0 Å². The average Bonchev–Trinajstić information content (AvgIpc) is 2.92. The predicted molar refractivity (Wildman–Crippen MR) is 90.1 cm³/mol. The standard InChI is InChI=1S/C17H24ClN3O/c1-12(10-14-5-7-15(18)8-6-14)19-9-3-4-16(22)17-13(2)20-11-21-17/h5-8,11-12,16,19,22H,3-4,9-10H2,1-2H3,(H,20,21). The number of aliphatic hydroxyl groups is 1. The molecule has 0 aliphatic carbocycles. The maximum Gasteiger partial charge on any atom is 0.0978 e. The zero-order valence-electron chi connectivity index (χ0n) is 13.1. The summed E-state index contributed by atoms with van der Waals surface area (Å²) in [5, 5.41) is 14.4. The van der Waals surface area contributed by atoms with Crippen LogP contribution in [0.25, 0.3) is 0 Å². The molecule has 0 fully saturated rings. The summed E-state index contributed by atoms with van der Waals surface area (Å²) < 4.78 is 0. The maximum atomic E-state index is 10.1. The van der Waals surface area contributed by atoms with Crippen molar-refractivity contribution in [1.82, 2.24) is 15.3 Å². The lowest BCUT2D eigenvalue weighted by molar-refractivity contribution is 0.159. The number of hydrogen-bond acceptors (Lipinski definition) is 3. The predicted octanol–water partition coefficient (Wildman–Crippen LogP) is 3.41. The van der Waals surface area contributed by atoms with Crippen molar-refractivity contribution >= 4 is 11.6 Å². The van der Waals surface area contributed by atoms with Crippen molar-refractivity contribution in [3.05, 3.63) is 52.6 Å². The van der Waals surface area contributed by atoms with Crippen LogP contribution in [0, 0.1) is 6.92 Å². The monoisotopic (exact) mass is 321 g/mol. The van der Waals surface area contributed by atoms with Gasteiger partial charge in [-0.05, 0) is 57.4 Å². The molecule has 3 N–H and O–H groups in total. The molecule has 2 rings (SSSR count). The van der Waals surface area contributed by atoms with Crippen LogP contribution in [0.15, 0.2) is 30.6 Å². The molecule has 5 heteroatoms. The highest BCUT2D eigenvalue weighted by Crippen LogP contribution is 2.18. The Morgan fingerprint density at radius 2 is 2.05 bits per heavy atom. The summed E-state index contributed by atoms with van der Waals surface area (Å²) >= 11 is 5.89. The third-order valence-electron chi connectivity index (χ3n) is 3.79. The minimum Gasteiger partial charge on any atom is -0.387 e. The van der Waals surface area contributed by atoms with E-state index in [-0.39, 0.29) is 0 Å². The van der Waals surface area contributed by atoms with Crippen molar-refractivity contribution in [1.29, 1.82) is 0 Å². The molecule has 1 aromatic heterocycles. The van der Waals surface area contributed by atoms with Crippen molar-refractivity contribution in [3.63, 3.8) is 0 Å². The molecular weight excluding hydrogens is 298 g/mol.